The van der Waals surface area contributed by atoms with Crippen molar-refractivity contribution in [2.45, 2.75) is 38.8 Å². The van der Waals surface area contributed by atoms with E-state index >= 15 is 0 Å². The Labute approximate surface area is 165 Å². The number of primary amides is 1. The maximum Gasteiger partial charge on any atom is 0.322 e. The van der Waals surface area contributed by atoms with Gasteiger partial charge in [0.1, 0.15) is 0 Å². The zero-order valence-electron chi connectivity index (χ0n) is 16.2. The lowest BCUT2D eigenvalue weighted by Gasteiger charge is -2.26. The van der Waals surface area contributed by atoms with Gasteiger partial charge in [-0.2, -0.15) is 0 Å². The Hall–Kier alpha value is -2.86. The van der Waals surface area contributed by atoms with Crippen LogP contribution in [0.2, 0.25) is 0 Å². The Balaban J connectivity index is 1.72. The summed E-state index contributed by atoms with van der Waals surface area (Å²) in [5.41, 5.74) is 8.92. The van der Waals surface area contributed by atoms with E-state index in [9.17, 15) is 9.59 Å². The molecule has 0 unspecified atom stereocenters. The summed E-state index contributed by atoms with van der Waals surface area (Å²) in [6.45, 7) is 3.84. The van der Waals surface area contributed by atoms with Gasteiger partial charge in [0.2, 0.25) is 5.91 Å². The third-order valence-electron chi connectivity index (χ3n) is 4.75. The van der Waals surface area contributed by atoms with Crippen molar-refractivity contribution < 1.29 is 14.3 Å². The van der Waals surface area contributed by atoms with E-state index in [4.69, 9.17) is 10.5 Å². The maximum absolute atomic E-state index is 13.0. The molecule has 0 aliphatic carbocycles. The topological polar surface area (TPSA) is 84.7 Å². The monoisotopic (exact) mass is 381 g/mol. The van der Waals surface area contributed by atoms with Gasteiger partial charge < -0.3 is 20.7 Å². The second kappa shape index (κ2) is 9.37. The first kappa shape index (κ1) is 19.9. The molecule has 6 nitrogen and oxygen atoms in total. The van der Waals surface area contributed by atoms with Gasteiger partial charge in [-0.1, -0.05) is 42.0 Å². The van der Waals surface area contributed by atoms with Gasteiger partial charge in [0, 0.05) is 25.4 Å². The zero-order valence-corrected chi connectivity index (χ0v) is 16.2. The van der Waals surface area contributed by atoms with Gasteiger partial charge in [0.05, 0.1) is 12.5 Å². The number of hydrogen-bond acceptors (Lipinski definition) is 3. The minimum Gasteiger partial charge on any atom is -0.376 e. The Kier molecular flexibility index (Phi) is 6.66. The molecule has 0 saturated carbocycles. The average molecular weight is 381 g/mol. The van der Waals surface area contributed by atoms with Gasteiger partial charge in [0.25, 0.3) is 0 Å². The lowest BCUT2D eigenvalue weighted by molar-refractivity contribution is -0.117. The number of nitrogens with one attached hydrogen (secondary N) is 1. The third kappa shape index (κ3) is 5.82. The van der Waals surface area contributed by atoms with Crippen molar-refractivity contribution in [3.63, 3.8) is 0 Å². The van der Waals surface area contributed by atoms with Gasteiger partial charge in [0.15, 0.2) is 0 Å². The van der Waals surface area contributed by atoms with Gasteiger partial charge in [-0.25, -0.2) is 4.79 Å². The van der Waals surface area contributed by atoms with Crippen LogP contribution in [-0.4, -0.2) is 36.1 Å². The van der Waals surface area contributed by atoms with Crippen molar-refractivity contribution in [3.8, 4) is 0 Å². The summed E-state index contributed by atoms with van der Waals surface area (Å²) in [5, 5.41) is 2.94. The highest BCUT2D eigenvalue weighted by molar-refractivity contribution is 5.89. The van der Waals surface area contributed by atoms with Crippen molar-refractivity contribution in [3.05, 3.63) is 65.2 Å². The molecule has 2 aromatic rings. The molecule has 3 rings (SSSR count). The van der Waals surface area contributed by atoms with Crippen LogP contribution in [0.5, 0.6) is 0 Å². The van der Waals surface area contributed by atoms with Crippen molar-refractivity contribution in [1.29, 1.82) is 0 Å². The highest BCUT2D eigenvalue weighted by Crippen LogP contribution is 2.18. The van der Waals surface area contributed by atoms with Gasteiger partial charge in [-0.3, -0.25) is 4.79 Å². The fourth-order valence-corrected chi connectivity index (χ4v) is 3.45. The number of benzene rings is 2. The second-order valence-electron chi connectivity index (χ2n) is 7.28. The van der Waals surface area contributed by atoms with Gasteiger partial charge >= 0.3 is 6.03 Å². The molecule has 1 heterocycles. The number of hydrogen-bond donors (Lipinski definition) is 2. The number of urea groups is 1. The molecule has 1 saturated heterocycles. The van der Waals surface area contributed by atoms with Gasteiger partial charge in [-0.15, -0.1) is 0 Å². The zero-order chi connectivity index (χ0) is 19.9. The normalized spacial score (nSPS) is 16.0. The number of nitrogens with zero attached hydrogens (tertiary/aromatic N) is 1. The number of carbonyl (C=O) groups excluding carboxylic acids is 2. The van der Waals surface area contributed by atoms with E-state index in [0.717, 1.165) is 36.1 Å². The Morgan fingerprint density at radius 1 is 1.18 bits per heavy atom. The van der Waals surface area contributed by atoms with Crippen molar-refractivity contribution >= 4 is 17.6 Å². The first-order valence-corrected chi connectivity index (χ1v) is 9.60. The average Bonchev–Trinajstić information content (AvgIpc) is 3.14. The summed E-state index contributed by atoms with van der Waals surface area (Å²) in [6, 6.07) is 15.2. The predicted octanol–water partition coefficient (Wildman–Crippen LogP) is 3.24. The number of carbonyl (C=O) groups is 2. The molecule has 0 spiro atoms. The standard InChI is InChI=1S/C22H27N3O3/c1-16-5-2-7-18(11-16)14-25(15-20-9-4-10-28-20)22(27)24-19-8-3-6-17(12-19)13-21(23)26/h2-3,5-8,11-12,20H,4,9-10,13-15H2,1H3,(H2,23,26)(H,24,27)/t20-/m1/s1. The van der Waals surface area contributed by atoms with Crippen LogP contribution in [0.4, 0.5) is 10.5 Å². The molecule has 3 N–H and O–H groups in total. The summed E-state index contributed by atoms with van der Waals surface area (Å²) < 4.78 is 5.74. The minimum absolute atomic E-state index is 0.0664. The Bertz CT molecular complexity index is 831. The number of amides is 3. The van der Waals surface area contributed by atoms with E-state index in [1.54, 1.807) is 23.1 Å². The third-order valence-corrected chi connectivity index (χ3v) is 4.75. The lowest BCUT2D eigenvalue weighted by Crippen LogP contribution is -2.39. The largest absolute Gasteiger partial charge is 0.376 e. The molecular weight excluding hydrogens is 354 g/mol. The fourth-order valence-electron chi connectivity index (χ4n) is 3.45. The quantitative estimate of drug-likeness (QED) is 0.772. The first-order chi connectivity index (χ1) is 13.5. The fraction of sp³-hybridized carbons (Fsp3) is 0.364. The highest BCUT2D eigenvalue weighted by Gasteiger charge is 2.23. The molecule has 28 heavy (non-hydrogen) atoms. The van der Waals surface area contributed by atoms with Crippen molar-refractivity contribution in [1.82, 2.24) is 4.90 Å². The Morgan fingerprint density at radius 3 is 2.68 bits per heavy atom. The van der Waals surface area contributed by atoms with E-state index in [-0.39, 0.29) is 18.6 Å². The number of ether oxygens (including phenoxy) is 1. The molecule has 3 amide bonds. The van der Waals surface area contributed by atoms with Gasteiger partial charge in [-0.05, 0) is 43.0 Å². The van der Waals surface area contributed by atoms with Crippen LogP contribution in [0, 0.1) is 6.92 Å². The molecule has 0 radical (unpaired) electrons. The first-order valence-electron chi connectivity index (χ1n) is 9.60. The SMILES string of the molecule is Cc1cccc(CN(C[C@H]2CCCO2)C(=O)Nc2cccc(CC(N)=O)c2)c1. The van der Waals surface area contributed by atoms with Crippen LogP contribution in [-0.2, 0) is 22.5 Å². The molecular formula is C22H27N3O3. The summed E-state index contributed by atoms with van der Waals surface area (Å²) >= 11 is 0. The lowest BCUT2D eigenvalue weighted by atomic mass is 10.1. The van der Waals surface area contributed by atoms with E-state index < -0.39 is 5.91 Å². The molecule has 2 aromatic carbocycles. The molecule has 1 aliphatic heterocycles. The number of rotatable bonds is 7. The summed E-state index contributed by atoms with van der Waals surface area (Å²) in [4.78, 5) is 25.9. The number of anilines is 1. The summed E-state index contributed by atoms with van der Waals surface area (Å²) in [6.07, 6.45) is 2.20. The molecule has 0 bridgehead atoms. The van der Waals surface area contributed by atoms with E-state index in [1.165, 1.54) is 0 Å². The van der Waals surface area contributed by atoms with E-state index in [2.05, 4.69) is 11.4 Å². The van der Waals surface area contributed by atoms with E-state index in [0.29, 0.717) is 18.8 Å². The number of nitrogens with two attached hydrogens (primary N) is 1. The smallest absolute Gasteiger partial charge is 0.322 e. The predicted molar refractivity (Wildman–Crippen MR) is 109 cm³/mol. The molecule has 0 aromatic heterocycles. The maximum atomic E-state index is 13.0. The van der Waals surface area contributed by atoms with Crippen molar-refractivity contribution in [2.75, 3.05) is 18.5 Å². The molecule has 148 valence electrons. The van der Waals surface area contributed by atoms with Crippen LogP contribution in [0.3, 0.4) is 0 Å². The van der Waals surface area contributed by atoms with Crippen LogP contribution >= 0.6 is 0 Å². The van der Waals surface area contributed by atoms with Crippen LogP contribution in [0.25, 0.3) is 0 Å². The van der Waals surface area contributed by atoms with Crippen LogP contribution < -0.4 is 11.1 Å². The number of aryl methyl sites for hydroxylation is 1. The molecule has 1 fully saturated rings. The molecule has 1 atom stereocenters. The highest BCUT2D eigenvalue weighted by atomic mass is 16.5. The van der Waals surface area contributed by atoms with E-state index in [1.807, 2.05) is 31.2 Å². The van der Waals surface area contributed by atoms with Crippen molar-refractivity contribution in [2.24, 2.45) is 5.73 Å². The minimum atomic E-state index is -0.400. The molecule has 6 heteroatoms. The molecule has 1 aliphatic rings. The van der Waals surface area contributed by atoms with Crippen LogP contribution in [0.1, 0.15) is 29.5 Å². The summed E-state index contributed by atoms with van der Waals surface area (Å²) in [7, 11) is 0. The summed E-state index contributed by atoms with van der Waals surface area (Å²) in [5.74, 6) is -0.400. The Morgan fingerprint density at radius 2 is 1.96 bits per heavy atom. The van der Waals surface area contributed by atoms with Crippen LogP contribution in [0.15, 0.2) is 48.5 Å². The second-order valence-corrected chi connectivity index (χ2v) is 7.28.